The van der Waals surface area contributed by atoms with Gasteiger partial charge in [0.15, 0.2) is 0 Å². The number of amides is 1. The van der Waals surface area contributed by atoms with Gasteiger partial charge >= 0.3 is 0 Å². The normalized spacial score (nSPS) is 21.3. The van der Waals surface area contributed by atoms with Crippen molar-refractivity contribution < 1.29 is 9.90 Å². The van der Waals surface area contributed by atoms with Gasteiger partial charge in [0, 0.05) is 37.1 Å². The van der Waals surface area contributed by atoms with E-state index in [4.69, 9.17) is 11.6 Å². The molecule has 1 amide bonds. The molecule has 3 rings (SSSR count). The highest BCUT2D eigenvalue weighted by molar-refractivity contribution is 6.30. The zero-order valence-corrected chi connectivity index (χ0v) is 12.9. The third-order valence-electron chi connectivity index (χ3n) is 3.88. The lowest BCUT2D eigenvalue weighted by Crippen LogP contribution is -2.29. The molecule has 1 fully saturated rings. The Morgan fingerprint density at radius 1 is 1.45 bits per heavy atom. The molecule has 0 spiro atoms. The third-order valence-corrected chi connectivity index (χ3v) is 4.08. The average molecular weight is 321 g/mol. The van der Waals surface area contributed by atoms with Gasteiger partial charge in [-0.3, -0.25) is 14.9 Å². The van der Waals surface area contributed by atoms with Gasteiger partial charge in [0.2, 0.25) is 0 Å². The van der Waals surface area contributed by atoms with Crippen molar-refractivity contribution >= 4 is 17.5 Å². The van der Waals surface area contributed by atoms with Crippen LogP contribution >= 0.6 is 11.6 Å². The molecule has 116 valence electrons. The number of hydrogen-bond acceptors (Lipinski definition) is 4. The summed E-state index contributed by atoms with van der Waals surface area (Å²) in [5.41, 5.74) is 2.33. The fourth-order valence-electron chi connectivity index (χ4n) is 2.78. The van der Waals surface area contributed by atoms with E-state index in [-0.39, 0.29) is 11.8 Å². The summed E-state index contributed by atoms with van der Waals surface area (Å²) in [4.78, 5) is 18.0. The summed E-state index contributed by atoms with van der Waals surface area (Å²) < 4.78 is 0. The summed E-state index contributed by atoms with van der Waals surface area (Å²) in [6.07, 6.45) is 3.07. The van der Waals surface area contributed by atoms with Crippen LogP contribution in [0.5, 0.6) is 0 Å². The number of carbonyl (C=O) groups excluding carboxylic acids is 1. The van der Waals surface area contributed by atoms with Gasteiger partial charge in [0.05, 0.1) is 22.4 Å². The molecule has 0 aliphatic carbocycles. The van der Waals surface area contributed by atoms with Crippen molar-refractivity contribution in [3.8, 4) is 0 Å². The molecule has 0 radical (unpaired) electrons. The van der Waals surface area contributed by atoms with Crippen LogP contribution in [-0.4, -0.2) is 50.3 Å². The highest BCUT2D eigenvalue weighted by atomic mass is 35.5. The molecule has 2 aromatic heterocycles. The van der Waals surface area contributed by atoms with Crippen molar-refractivity contribution in [1.82, 2.24) is 20.1 Å². The van der Waals surface area contributed by atoms with E-state index in [1.165, 1.54) is 12.4 Å². The van der Waals surface area contributed by atoms with E-state index in [0.29, 0.717) is 30.1 Å². The Balaban J connectivity index is 1.68. The standard InChI is InChI=1S/C15H17ClN4O2/c1-9-2-13(19-18-9)4-11-7-20(8-14(11)21)15(22)10-3-12(16)6-17-5-10/h2-3,5-6,11,14,21H,4,7-8H2,1H3,(H,18,19)/t11-,14-/m1/s1. The molecule has 1 aliphatic rings. The van der Waals surface area contributed by atoms with Crippen LogP contribution in [0.1, 0.15) is 21.7 Å². The Morgan fingerprint density at radius 2 is 2.27 bits per heavy atom. The monoisotopic (exact) mass is 320 g/mol. The molecule has 1 aliphatic heterocycles. The Morgan fingerprint density at radius 3 is 2.95 bits per heavy atom. The number of nitrogens with zero attached hydrogens (tertiary/aromatic N) is 3. The summed E-state index contributed by atoms with van der Waals surface area (Å²) in [6, 6.07) is 3.55. The van der Waals surface area contributed by atoms with Gasteiger partial charge in [0.1, 0.15) is 0 Å². The second kappa shape index (κ2) is 6.06. The minimum atomic E-state index is -0.548. The number of H-pyrrole nitrogens is 1. The first-order valence-electron chi connectivity index (χ1n) is 7.11. The van der Waals surface area contributed by atoms with Gasteiger partial charge in [-0.1, -0.05) is 11.6 Å². The number of aryl methyl sites for hydroxylation is 1. The van der Waals surface area contributed by atoms with Crippen molar-refractivity contribution in [2.24, 2.45) is 5.92 Å². The van der Waals surface area contributed by atoms with Crippen molar-refractivity contribution in [2.45, 2.75) is 19.4 Å². The quantitative estimate of drug-likeness (QED) is 0.896. The number of β-amino-alcohol motifs (C(OH)–C–C–N with tert-alkyl or cyclic N) is 1. The molecular formula is C15H17ClN4O2. The first-order chi connectivity index (χ1) is 10.5. The second-order valence-electron chi connectivity index (χ2n) is 5.68. The number of aromatic amines is 1. The number of likely N-dealkylation sites (tertiary alicyclic amines) is 1. The van der Waals surface area contributed by atoms with Gasteiger partial charge in [0.25, 0.3) is 5.91 Å². The van der Waals surface area contributed by atoms with E-state index < -0.39 is 6.10 Å². The van der Waals surface area contributed by atoms with Crippen molar-refractivity contribution in [3.05, 3.63) is 46.5 Å². The Hall–Kier alpha value is -1.92. The topological polar surface area (TPSA) is 82.1 Å². The molecule has 22 heavy (non-hydrogen) atoms. The zero-order chi connectivity index (χ0) is 15.7. The van der Waals surface area contributed by atoms with Crippen LogP contribution in [0.15, 0.2) is 24.5 Å². The second-order valence-corrected chi connectivity index (χ2v) is 6.11. The van der Waals surface area contributed by atoms with E-state index in [9.17, 15) is 9.90 Å². The Kier molecular flexibility index (Phi) is 4.13. The number of halogens is 1. The lowest BCUT2D eigenvalue weighted by molar-refractivity contribution is 0.0764. The average Bonchev–Trinajstić information content (AvgIpc) is 3.05. The number of aromatic nitrogens is 3. The van der Waals surface area contributed by atoms with Crippen LogP contribution in [0.25, 0.3) is 0 Å². The fourth-order valence-corrected chi connectivity index (χ4v) is 2.95. The van der Waals surface area contributed by atoms with E-state index in [0.717, 1.165) is 11.4 Å². The third kappa shape index (κ3) is 3.13. The molecular weight excluding hydrogens is 304 g/mol. The van der Waals surface area contributed by atoms with Crippen molar-refractivity contribution in [2.75, 3.05) is 13.1 Å². The Bertz CT molecular complexity index is 688. The van der Waals surface area contributed by atoms with Crippen LogP contribution in [0.2, 0.25) is 5.02 Å². The van der Waals surface area contributed by atoms with E-state index >= 15 is 0 Å². The smallest absolute Gasteiger partial charge is 0.255 e. The first kappa shape index (κ1) is 15.0. The molecule has 2 aromatic rings. The summed E-state index contributed by atoms with van der Waals surface area (Å²) in [5, 5.41) is 17.7. The number of pyridine rings is 1. The van der Waals surface area contributed by atoms with Crippen molar-refractivity contribution in [1.29, 1.82) is 0 Å². The van der Waals surface area contributed by atoms with E-state index in [2.05, 4.69) is 15.2 Å². The summed E-state index contributed by atoms with van der Waals surface area (Å²) in [5.74, 6) is -0.173. The molecule has 2 atom stereocenters. The number of aliphatic hydroxyl groups is 1. The molecule has 3 heterocycles. The fraction of sp³-hybridized carbons (Fsp3) is 0.400. The minimum Gasteiger partial charge on any atom is -0.391 e. The van der Waals surface area contributed by atoms with Crippen LogP contribution in [0, 0.1) is 12.8 Å². The van der Waals surface area contributed by atoms with Crippen LogP contribution in [0.3, 0.4) is 0 Å². The molecule has 7 heteroatoms. The van der Waals surface area contributed by atoms with Crippen LogP contribution < -0.4 is 0 Å². The number of hydrogen-bond donors (Lipinski definition) is 2. The first-order valence-corrected chi connectivity index (χ1v) is 7.49. The minimum absolute atomic E-state index is 0.0150. The SMILES string of the molecule is Cc1cc(C[C@@H]2CN(C(=O)c3cncc(Cl)c3)C[C@H]2O)n[nH]1. The number of carbonyl (C=O) groups is 1. The maximum Gasteiger partial charge on any atom is 0.255 e. The molecule has 2 N–H and O–H groups in total. The molecule has 6 nitrogen and oxygen atoms in total. The number of nitrogens with one attached hydrogen (secondary N) is 1. The maximum atomic E-state index is 12.4. The summed E-state index contributed by atoms with van der Waals surface area (Å²) in [6.45, 7) is 2.75. The molecule has 1 saturated heterocycles. The van der Waals surface area contributed by atoms with Crippen molar-refractivity contribution in [3.63, 3.8) is 0 Å². The molecule has 0 saturated carbocycles. The predicted octanol–water partition coefficient (Wildman–Crippen LogP) is 1.44. The molecule has 0 unspecified atom stereocenters. The summed E-state index contributed by atoms with van der Waals surface area (Å²) >= 11 is 5.87. The number of aliphatic hydroxyl groups excluding tert-OH is 1. The van der Waals surface area contributed by atoms with Gasteiger partial charge < -0.3 is 10.0 Å². The lowest BCUT2D eigenvalue weighted by Gasteiger charge is -2.15. The highest BCUT2D eigenvalue weighted by Gasteiger charge is 2.34. The Labute approximate surface area is 133 Å². The largest absolute Gasteiger partial charge is 0.391 e. The number of rotatable bonds is 3. The predicted molar refractivity (Wildman–Crippen MR) is 81.7 cm³/mol. The van der Waals surface area contributed by atoms with E-state index in [1.807, 2.05) is 13.0 Å². The summed E-state index contributed by atoms with van der Waals surface area (Å²) in [7, 11) is 0. The van der Waals surface area contributed by atoms with Gasteiger partial charge in [-0.15, -0.1) is 0 Å². The van der Waals surface area contributed by atoms with Gasteiger partial charge in [-0.25, -0.2) is 0 Å². The molecule has 0 bridgehead atoms. The van der Waals surface area contributed by atoms with Gasteiger partial charge in [-0.2, -0.15) is 5.10 Å². The van der Waals surface area contributed by atoms with E-state index in [1.54, 1.807) is 11.0 Å². The van der Waals surface area contributed by atoms with Crippen LogP contribution in [-0.2, 0) is 6.42 Å². The zero-order valence-electron chi connectivity index (χ0n) is 12.2. The molecule has 0 aromatic carbocycles. The lowest BCUT2D eigenvalue weighted by atomic mass is 10.0. The van der Waals surface area contributed by atoms with Crippen LogP contribution in [0.4, 0.5) is 0 Å². The highest BCUT2D eigenvalue weighted by Crippen LogP contribution is 2.23. The van der Waals surface area contributed by atoms with Gasteiger partial charge in [-0.05, 0) is 25.5 Å². The maximum absolute atomic E-state index is 12.4.